The van der Waals surface area contributed by atoms with Crippen LogP contribution in [0.15, 0.2) is 29.8 Å². The second-order valence-electron chi connectivity index (χ2n) is 3.99. The molecule has 0 fully saturated rings. The van der Waals surface area contributed by atoms with Crippen molar-refractivity contribution >= 4 is 22.4 Å². The normalized spacial score (nSPS) is 11.3. The van der Waals surface area contributed by atoms with Crippen molar-refractivity contribution in [1.82, 2.24) is 10.2 Å². The highest BCUT2D eigenvalue weighted by molar-refractivity contribution is 7.13. The van der Waals surface area contributed by atoms with Crippen LogP contribution in [0.4, 0.5) is 18.3 Å². The largest absolute Gasteiger partial charge is 0.416 e. The summed E-state index contributed by atoms with van der Waals surface area (Å²) in [6, 6.07) is 4.78. The minimum Gasteiger partial charge on any atom is -0.301 e. The van der Waals surface area contributed by atoms with E-state index in [1.54, 1.807) is 0 Å². The monoisotopic (exact) mass is 301 g/mol. The van der Waals surface area contributed by atoms with E-state index in [2.05, 4.69) is 15.5 Å². The van der Waals surface area contributed by atoms with E-state index in [-0.39, 0.29) is 12.3 Å². The molecule has 2 aromatic rings. The number of nitrogens with zero attached hydrogens (tertiary/aromatic N) is 2. The van der Waals surface area contributed by atoms with Crippen molar-refractivity contribution in [2.75, 3.05) is 5.32 Å². The van der Waals surface area contributed by atoms with Crippen molar-refractivity contribution < 1.29 is 18.0 Å². The molecule has 0 aliphatic carbocycles. The van der Waals surface area contributed by atoms with Gasteiger partial charge in [0.05, 0.1) is 5.56 Å². The number of aryl methyl sites for hydroxylation is 1. The van der Waals surface area contributed by atoms with E-state index in [0.29, 0.717) is 17.1 Å². The first kappa shape index (κ1) is 14.4. The van der Waals surface area contributed by atoms with Crippen molar-refractivity contribution in [2.45, 2.75) is 19.0 Å². The van der Waals surface area contributed by atoms with E-state index in [1.165, 1.54) is 29.0 Å². The second kappa shape index (κ2) is 6.00. The SMILES string of the molecule is O=C(CCc1ccc(C(F)(F)F)cc1)Nc1nncs1. The zero-order valence-corrected chi connectivity index (χ0v) is 11.0. The van der Waals surface area contributed by atoms with Crippen LogP contribution in [-0.2, 0) is 17.4 Å². The molecule has 0 radical (unpaired) electrons. The summed E-state index contributed by atoms with van der Waals surface area (Å²) < 4.78 is 37.1. The first-order chi connectivity index (χ1) is 9.45. The van der Waals surface area contributed by atoms with Gasteiger partial charge in [0.25, 0.3) is 0 Å². The van der Waals surface area contributed by atoms with Gasteiger partial charge in [-0.25, -0.2) is 0 Å². The second-order valence-corrected chi connectivity index (χ2v) is 4.82. The van der Waals surface area contributed by atoms with Crippen LogP contribution in [0, 0.1) is 0 Å². The Bertz CT molecular complexity index is 567. The van der Waals surface area contributed by atoms with E-state index in [4.69, 9.17) is 0 Å². The van der Waals surface area contributed by atoms with Crippen LogP contribution in [0.5, 0.6) is 0 Å². The van der Waals surface area contributed by atoms with Crippen LogP contribution in [0.3, 0.4) is 0 Å². The number of alkyl halides is 3. The quantitative estimate of drug-likeness (QED) is 0.944. The number of carbonyl (C=O) groups is 1. The molecule has 1 N–H and O–H groups in total. The molecule has 0 spiro atoms. The molecule has 0 unspecified atom stereocenters. The average Bonchev–Trinajstić information content (AvgIpc) is 2.88. The van der Waals surface area contributed by atoms with E-state index < -0.39 is 11.7 Å². The fraction of sp³-hybridized carbons (Fsp3) is 0.250. The molecule has 1 amide bonds. The van der Waals surface area contributed by atoms with Crippen LogP contribution in [-0.4, -0.2) is 16.1 Å². The number of aromatic nitrogens is 2. The number of rotatable bonds is 4. The molecule has 0 aliphatic heterocycles. The number of nitrogens with one attached hydrogen (secondary N) is 1. The minimum atomic E-state index is -4.34. The maximum absolute atomic E-state index is 12.4. The van der Waals surface area contributed by atoms with Gasteiger partial charge in [0, 0.05) is 6.42 Å². The summed E-state index contributed by atoms with van der Waals surface area (Å²) in [5.74, 6) is -0.248. The van der Waals surface area contributed by atoms with Crippen molar-refractivity contribution in [1.29, 1.82) is 0 Å². The van der Waals surface area contributed by atoms with Gasteiger partial charge in [-0.05, 0) is 24.1 Å². The molecule has 1 heterocycles. The van der Waals surface area contributed by atoms with Gasteiger partial charge >= 0.3 is 6.18 Å². The van der Waals surface area contributed by atoms with Crippen LogP contribution in [0.2, 0.25) is 0 Å². The Hall–Kier alpha value is -1.96. The molecule has 2 rings (SSSR count). The predicted molar refractivity (Wildman–Crippen MR) is 68.3 cm³/mol. The Morgan fingerprint density at radius 2 is 1.95 bits per heavy atom. The summed E-state index contributed by atoms with van der Waals surface area (Å²) in [5, 5.41) is 10.2. The molecule has 20 heavy (non-hydrogen) atoms. The zero-order valence-electron chi connectivity index (χ0n) is 10.1. The van der Waals surface area contributed by atoms with Crippen molar-refractivity contribution in [2.24, 2.45) is 0 Å². The number of anilines is 1. The molecular weight excluding hydrogens is 291 g/mol. The van der Waals surface area contributed by atoms with Gasteiger partial charge in [0.2, 0.25) is 11.0 Å². The Morgan fingerprint density at radius 3 is 2.50 bits per heavy atom. The first-order valence-electron chi connectivity index (χ1n) is 5.67. The number of amides is 1. The minimum absolute atomic E-state index is 0.172. The summed E-state index contributed by atoms with van der Waals surface area (Å²) in [6.07, 6.45) is -3.80. The Balaban J connectivity index is 1.86. The van der Waals surface area contributed by atoms with Gasteiger partial charge in [0.15, 0.2) is 0 Å². The third-order valence-electron chi connectivity index (χ3n) is 2.53. The highest BCUT2D eigenvalue weighted by atomic mass is 32.1. The molecule has 0 atom stereocenters. The molecule has 0 saturated heterocycles. The van der Waals surface area contributed by atoms with Gasteiger partial charge in [-0.15, -0.1) is 10.2 Å². The van der Waals surface area contributed by atoms with Crippen molar-refractivity contribution in [3.05, 3.63) is 40.9 Å². The lowest BCUT2D eigenvalue weighted by Crippen LogP contribution is -2.12. The molecule has 0 saturated carbocycles. The molecule has 106 valence electrons. The molecule has 0 aliphatic rings. The van der Waals surface area contributed by atoms with E-state index in [1.807, 2.05) is 0 Å². The Kier molecular flexibility index (Phi) is 4.33. The van der Waals surface area contributed by atoms with Crippen molar-refractivity contribution in [3.8, 4) is 0 Å². The summed E-state index contributed by atoms with van der Waals surface area (Å²) in [6.45, 7) is 0. The predicted octanol–water partition coefficient (Wildman–Crippen LogP) is 3.13. The third kappa shape index (κ3) is 4.02. The van der Waals surface area contributed by atoms with Crippen LogP contribution < -0.4 is 5.32 Å². The van der Waals surface area contributed by atoms with Crippen LogP contribution in [0.25, 0.3) is 0 Å². The fourth-order valence-corrected chi connectivity index (χ4v) is 1.99. The van der Waals surface area contributed by atoms with E-state index in [9.17, 15) is 18.0 Å². The Morgan fingerprint density at radius 1 is 1.25 bits per heavy atom. The maximum Gasteiger partial charge on any atom is 0.416 e. The number of benzene rings is 1. The number of halogens is 3. The Labute approximate surface area is 116 Å². The van der Waals surface area contributed by atoms with Gasteiger partial charge in [0.1, 0.15) is 5.51 Å². The summed E-state index contributed by atoms with van der Waals surface area (Å²) in [4.78, 5) is 11.6. The van der Waals surface area contributed by atoms with E-state index in [0.717, 1.165) is 12.1 Å². The van der Waals surface area contributed by atoms with Crippen molar-refractivity contribution in [3.63, 3.8) is 0 Å². The molecule has 0 bridgehead atoms. The highest BCUT2D eigenvalue weighted by Gasteiger charge is 2.29. The third-order valence-corrected chi connectivity index (χ3v) is 3.14. The zero-order chi connectivity index (χ0) is 14.6. The first-order valence-corrected chi connectivity index (χ1v) is 6.55. The lowest BCUT2D eigenvalue weighted by atomic mass is 10.1. The molecule has 8 heteroatoms. The fourth-order valence-electron chi connectivity index (χ4n) is 1.53. The van der Waals surface area contributed by atoms with Crippen LogP contribution in [0.1, 0.15) is 17.5 Å². The lowest BCUT2D eigenvalue weighted by molar-refractivity contribution is -0.137. The number of hydrogen-bond donors (Lipinski definition) is 1. The number of hydrogen-bond acceptors (Lipinski definition) is 4. The highest BCUT2D eigenvalue weighted by Crippen LogP contribution is 2.29. The summed E-state index contributed by atoms with van der Waals surface area (Å²) >= 11 is 1.20. The summed E-state index contributed by atoms with van der Waals surface area (Å²) in [5.41, 5.74) is 1.47. The standard InChI is InChI=1S/C12H10F3N3OS/c13-12(14,15)9-4-1-8(2-5-9)3-6-10(19)17-11-18-16-7-20-11/h1-2,4-5,7H,3,6H2,(H,17,18,19). The molecular formula is C12H10F3N3OS. The molecule has 4 nitrogen and oxygen atoms in total. The topological polar surface area (TPSA) is 54.9 Å². The molecule has 1 aromatic carbocycles. The summed E-state index contributed by atoms with van der Waals surface area (Å²) in [7, 11) is 0. The number of carbonyl (C=O) groups excluding carboxylic acids is 1. The maximum atomic E-state index is 12.4. The van der Waals surface area contributed by atoms with Gasteiger partial charge in [-0.2, -0.15) is 13.2 Å². The lowest BCUT2D eigenvalue weighted by Gasteiger charge is -2.07. The average molecular weight is 301 g/mol. The van der Waals surface area contributed by atoms with Crippen LogP contribution >= 0.6 is 11.3 Å². The molecule has 1 aromatic heterocycles. The smallest absolute Gasteiger partial charge is 0.301 e. The van der Waals surface area contributed by atoms with Gasteiger partial charge in [-0.1, -0.05) is 23.5 Å². The van der Waals surface area contributed by atoms with E-state index >= 15 is 0 Å². The van der Waals surface area contributed by atoms with Gasteiger partial charge in [-0.3, -0.25) is 4.79 Å². The van der Waals surface area contributed by atoms with Gasteiger partial charge < -0.3 is 5.32 Å².